The third kappa shape index (κ3) is 67.4. The number of hydrogen-bond acceptors (Lipinski definition) is 6. The van der Waals surface area contributed by atoms with E-state index in [9.17, 15) is 14.4 Å². The van der Waals surface area contributed by atoms with Gasteiger partial charge in [-0.2, -0.15) is 0 Å². The topological polar surface area (TPSA) is 78.9 Å². The predicted molar refractivity (Wildman–Crippen MR) is 361 cm³/mol. The summed E-state index contributed by atoms with van der Waals surface area (Å²) < 4.78 is 16.9. The van der Waals surface area contributed by atoms with Gasteiger partial charge in [0.25, 0.3) is 0 Å². The quantitative estimate of drug-likeness (QED) is 0.0261. The van der Waals surface area contributed by atoms with Crippen LogP contribution in [0.2, 0.25) is 0 Å². The smallest absolute Gasteiger partial charge is 0.306 e. The molecule has 0 radical (unpaired) electrons. The number of allylic oxidation sites excluding steroid dienone is 28. The molecular weight excluding hydrogens is 1020 g/mol. The van der Waals surface area contributed by atoms with E-state index in [1.165, 1.54) is 77.0 Å². The van der Waals surface area contributed by atoms with Crippen molar-refractivity contribution in [1.82, 2.24) is 0 Å². The number of esters is 3. The highest BCUT2D eigenvalue weighted by Gasteiger charge is 2.19. The van der Waals surface area contributed by atoms with E-state index in [4.69, 9.17) is 14.2 Å². The van der Waals surface area contributed by atoms with Crippen LogP contribution in [-0.4, -0.2) is 37.2 Å². The number of rotatable bonds is 59. The van der Waals surface area contributed by atoms with E-state index in [1.54, 1.807) is 0 Å². The summed E-state index contributed by atoms with van der Waals surface area (Å²) in [4.78, 5) is 38.4. The van der Waals surface area contributed by atoms with Gasteiger partial charge in [0, 0.05) is 19.3 Å². The highest BCUT2D eigenvalue weighted by Crippen LogP contribution is 2.15. The highest BCUT2D eigenvalue weighted by molar-refractivity contribution is 5.71. The van der Waals surface area contributed by atoms with Gasteiger partial charge in [-0.15, -0.1) is 0 Å². The zero-order valence-electron chi connectivity index (χ0n) is 53.4. The molecule has 0 fully saturated rings. The van der Waals surface area contributed by atoms with E-state index in [1.807, 2.05) is 0 Å². The Bertz CT molecular complexity index is 1890. The molecule has 0 bridgehead atoms. The molecule has 6 nitrogen and oxygen atoms in total. The summed E-state index contributed by atoms with van der Waals surface area (Å²) >= 11 is 0. The Morgan fingerprint density at radius 2 is 0.434 bits per heavy atom. The summed E-state index contributed by atoms with van der Waals surface area (Å²) in [5.74, 6) is -0.963. The zero-order chi connectivity index (χ0) is 59.9. The third-order valence-electron chi connectivity index (χ3n) is 13.7. The summed E-state index contributed by atoms with van der Waals surface area (Å²) in [5.41, 5.74) is 0. The summed E-state index contributed by atoms with van der Waals surface area (Å²) in [6, 6.07) is 0. The average molecular weight is 1140 g/mol. The van der Waals surface area contributed by atoms with Gasteiger partial charge in [0.15, 0.2) is 6.10 Å². The molecule has 0 aromatic heterocycles. The van der Waals surface area contributed by atoms with E-state index < -0.39 is 6.10 Å². The van der Waals surface area contributed by atoms with Crippen LogP contribution in [0.4, 0.5) is 0 Å². The number of hydrogen-bond donors (Lipinski definition) is 0. The van der Waals surface area contributed by atoms with Crippen molar-refractivity contribution in [3.63, 3.8) is 0 Å². The molecule has 0 heterocycles. The number of ether oxygens (including phenoxy) is 3. The van der Waals surface area contributed by atoms with Crippen LogP contribution in [0.15, 0.2) is 170 Å². The number of carbonyl (C=O) groups excluding carboxylic acids is 3. The molecule has 1 unspecified atom stereocenters. The fourth-order valence-corrected chi connectivity index (χ4v) is 8.78. The molecule has 6 heteroatoms. The fourth-order valence-electron chi connectivity index (χ4n) is 8.78. The van der Waals surface area contributed by atoms with Gasteiger partial charge in [-0.05, 0) is 148 Å². The molecule has 1 atom stereocenters. The Kier molecular flexibility index (Phi) is 64.9. The predicted octanol–water partition coefficient (Wildman–Crippen LogP) is 23.4. The minimum atomic E-state index is -0.813. The monoisotopic (exact) mass is 1140 g/mol. The maximum Gasteiger partial charge on any atom is 0.306 e. The Balaban J connectivity index is 4.43. The van der Waals surface area contributed by atoms with Gasteiger partial charge in [-0.25, -0.2) is 0 Å². The van der Waals surface area contributed by atoms with E-state index in [0.717, 1.165) is 154 Å². The van der Waals surface area contributed by atoms with Crippen LogP contribution in [0.1, 0.15) is 278 Å². The Morgan fingerprint density at radius 1 is 0.241 bits per heavy atom. The molecule has 83 heavy (non-hydrogen) atoms. The van der Waals surface area contributed by atoms with Gasteiger partial charge in [-0.1, -0.05) is 281 Å². The third-order valence-corrected chi connectivity index (χ3v) is 13.7. The zero-order valence-corrected chi connectivity index (χ0v) is 53.4. The van der Waals surface area contributed by atoms with E-state index in [-0.39, 0.29) is 31.1 Å². The largest absolute Gasteiger partial charge is 0.462 e. The average Bonchev–Trinajstić information content (AvgIpc) is 3.49. The van der Waals surface area contributed by atoms with Crippen LogP contribution in [0.3, 0.4) is 0 Å². The Labute approximate surface area is 511 Å². The molecule has 0 rings (SSSR count). The lowest BCUT2D eigenvalue weighted by Gasteiger charge is -2.18. The van der Waals surface area contributed by atoms with Gasteiger partial charge >= 0.3 is 17.9 Å². The minimum Gasteiger partial charge on any atom is -0.462 e. The molecule has 0 N–H and O–H groups in total. The first-order valence-electron chi connectivity index (χ1n) is 33.6. The van der Waals surface area contributed by atoms with Gasteiger partial charge in [0.1, 0.15) is 13.2 Å². The fraction of sp³-hybridized carbons (Fsp3) is 0.597. The number of unbranched alkanes of at least 4 members (excludes halogenated alkanes) is 20. The van der Waals surface area contributed by atoms with Crippen LogP contribution in [0, 0.1) is 0 Å². The molecule has 0 aromatic rings. The summed E-state index contributed by atoms with van der Waals surface area (Å²) in [6.45, 7) is 6.25. The van der Waals surface area contributed by atoms with Crippen molar-refractivity contribution in [3.05, 3.63) is 170 Å². The van der Waals surface area contributed by atoms with Crippen molar-refractivity contribution in [3.8, 4) is 0 Å². The standard InChI is InChI=1S/C77H122O6/c1-4-7-10-13-16-19-22-25-28-30-32-34-36-37-38-39-41-42-44-46-49-52-55-58-61-64-67-70-76(79)82-73-74(72-81-75(78)69-66-63-60-57-54-51-48-27-24-21-18-15-12-9-6-3)83-77(80)71-68-65-62-59-56-53-50-47-45-43-40-35-33-31-29-26-23-20-17-14-11-8-5-2/h7-12,16-21,25-29,32-35,37-38,43,45,48,54,57,74H,4-6,13-15,22-24,30-31,36,39-42,44,46-47,49-53,55-56,58-73H2,1-3H3/b10-7-,11-8-,12-9-,19-16-,20-17-,21-18-,28-25-,29-26-,34-32-,35-33-,38-37-,45-43-,48-27-,57-54-. The van der Waals surface area contributed by atoms with Crippen LogP contribution >= 0.6 is 0 Å². The molecule has 0 saturated carbocycles. The van der Waals surface area contributed by atoms with Gasteiger partial charge in [-0.3, -0.25) is 14.4 Å². The van der Waals surface area contributed by atoms with Crippen molar-refractivity contribution in [2.24, 2.45) is 0 Å². The Hall–Kier alpha value is -5.23. The summed E-state index contributed by atoms with van der Waals surface area (Å²) in [5, 5.41) is 0. The van der Waals surface area contributed by atoms with Crippen molar-refractivity contribution in [2.45, 2.75) is 284 Å². The molecular formula is C77H122O6. The second-order valence-corrected chi connectivity index (χ2v) is 21.6. The van der Waals surface area contributed by atoms with Crippen molar-refractivity contribution in [2.75, 3.05) is 13.2 Å². The number of carbonyl (C=O) groups is 3. The lowest BCUT2D eigenvalue weighted by molar-refractivity contribution is -0.167. The maximum absolute atomic E-state index is 12.9. The van der Waals surface area contributed by atoms with Crippen molar-refractivity contribution in [1.29, 1.82) is 0 Å². The maximum atomic E-state index is 12.9. The molecule has 0 aromatic carbocycles. The van der Waals surface area contributed by atoms with Gasteiger partial charge in [0.2, 0.25) is 0 Å². The minimum absolute atomic E-state index is 0.104. The second kappa shape index (κ2) is 69.3. The van der Waals surface area contributed by atoms with Crippen molar-refractivity contribution >= 4 is 17.9 Å². The molecule has 466 valence electrons. The summed E-state index contributed by atoms with van der Waals surface area (Å²) in [6.07, 6.45) is 102. The Morgan fingerprint density at radius 3 is 0.699 bits per heavy atom. The normalized spacial score (nSPS) is 13.2. The van der Waals surface area contributed by atoms with E-state index >= 15 is 0 Å². The SMILES string of the molecule is CC/C=C\C/C=C\C/C=C\C/C=C\C/C=C\CCCCCCCCCCCCCC(=O)OCC(COC(=O)CCCC/C=C\C/C=C\C/C=C\C/C=C\CC)OC(=O)CCCCCCCCC/C=C\C/C=C\C/C=C\C/C=C\C/C=C\CC. The lowest BCUT2D eigenvalue weighted by Crippen LogP contribution is -2.30. The van der Waals surface area contributed by atoms with Crippen molar-refractivity contribution < 1.29 is 28.6 Å². The molecule has 0 aliphatic heterocycles. The van der Waals surface area contributed by atoms with Crippen LogP contribution in [0.25, 0.3) is 0 Å². The van der Waals surface area contributed by atoms with Crippen LogP contribution < -0.4 is 0 Å². The first-order valence-corrected chi connectivity index (χ1v) is 33.6. The van der Waals surface area contributed by atoms with Gasteiger partial charge < -0.3 is 14.2 Å². The lowest BCUT2D eigenvalue weighted by atomic mass is 10.0. The molecule has 0 spiro atoms. The molecule has 0 saturated heterocycles. The first-order chi connectivity index (χ1) is 41.0. The van der Waals surface area contributed by atoms with E-state index in [2.05, 4.69) is 191 Å². The first kappa shape index (κ1) is 77.8. The van der Waals surface area contributed by atoms with Gasteiger partial charge in [0.05, 0.1) is 0 Å². The summed E-state index contributed by atoms with van der Waals surface area (Å²) in [7, 11) is 0. The van der Waals surface area contributed by atoms with Crippen LogP contribution in [-0.2, 0) is 28.6 Å². The molecule has 0 aliphatic carbocycles. The molecule has 0 aliphatic rings. The van der Waals surface area contributed by atoms with Crippen LogP contribution in [0.5, 0.6) is 0 Å². The molecule has 0 amide bonds. The second-order valence-electron chi connectivity index (χ2n) is 21.6. The highest BCUT2D eigenvalue weighted by atomic mass is 16.6. The van der Waals surface area contributed by atoms with E-state index in [0.29, 0.717) is 25.7 Å².